The second-order valence-electron chi connectivity index (χ2n) is 7.83. The van der Waals surface area contributed by atoms with Gasteiger partial charge in [-0.05, 0) is 75.9 Å². The summed E-state index contributed by atoms with van der Waals surface area (Å²) in [5, 5.41) is 3.86. The van der Waals surface area contributed by atoms with Gasteiger partial charge in [0.05, 0.1) is 0 Å². The lowest BCUT2D eigenvalue weighted by molar-refractivity contribution is 0.0563. The molecule has 1 N–H and O–H groups in total. The third kappa shape index (κ3) is 4.69. The highest BCUT2D eigenvalue weighted by Crippen LogP contribution is 2.33. The van der Waals surface area contributed by atoms with E-state index < -0.39 is 0 Å². The minimum absolute atomic E-state index is 0.753. The third-order valence-corrected chi connectivity index (χ3v) is 6.15. The average molecular weight is 295 g/mol. The molecular weight excluding hydrogens is 256 g/mol. The first-order valence-electron chi connectivity index (χ1n) is 9.63. The van der Waals surface area contributed by atoms with Crippen LogP contribution in [0.25, 0.3) is 0 Å². The Morgan fingerprint density at radius 2 is 1.76 bits per heavy atom. The molecule has 0 amide bonds. The Kier molecular flexibility index (Phi) is 7.01. The van der Waals surface area contributed by atoms with Crippen LogP contribution < -0.4 is 5.32 Å². The summed E-state index contributed by atoms with van der Waals surface area (Å²) in [6.07, 6.45) is 9.75. The van der Waals surface area contributed by atoms with E-state index >= 15 is 0 Å². The van der Waals surface area contributed by atoms with Crippen molar-refractivity contribution in [2.24, 2.45) is 17.8 Å². The minimum atomic E-state index is 0.753. The van der Waals surface area contributed by atoms with Crippen LogP contribution in [0.5, 0.6) is 0 Å². The van der Waals surface area contributed by atoms with Gasteiger partial charge in [-0.2, -0.15) is 0 Å². The van der Waals surface area contributed by atoms with Crippen molar-refractivity contribution in [2.45, 2.75) is 84.7 Å². The fraction of sp³-hybridized carbons (Fsp3) is 1.00. The lowest BCUT2D eigenvalue weighted by atomic mass is 9.78. The molecule has 1 saturated carbocycles. The molecular formula is C19H38N2. The Labute approximate surface area is 133 Å². The molecule has 1 saturated heterocycles. The monoisotopic (exact) mass is 294 g/mol. The summed E-state index contributed by atoms with van der Waals surface area (Å²) in [6, 6.07) is 1.56. The average Bonchev–Trinajstić information content (AvgIpc) is 2.53. The fourth-order valence-corrected chi connectivity index (χ4v) is 4.49. The molecule has 0 spiro atoms. The summed E-state index contributed by atoms with van der Waals surface area (Å²) < 4.78 is 0. The Hall–Kier alpha value is -0.0800. The standard InChI is InChI=1S/C19H38N2/c1-5-11-20-18-8-7-16(6-2)14-19(18)21-12-9-17(10-13-21)15(3)4/h15-20H,5-14H2,1-4H3. The van der Waals surface area contributed by atoms with Crippen LogP contribution in [0, 0.1) is 17.8 Å². The van der Waals surface area contributed by atoms with Gasteiger partial charge in [0.2, 0.25) is 0 Å². The van der Waals surface area contributed by atoms with Gasteiger partial charge >= 0.3 is 0 Å². The second-order valence-corrected chi connectivity index (χ2v) is 7.83. The molecule has 3 unspecified atom stereocenters. The van der Waals surface area contributed by atoms with Crippen LogP contribution in [0.15, 0.2) is 0 Å². The molecule has 0 radical (unpaired) electrons. The molecule has 2 fully saturated rings. The van der Waals surface area contributed by atoms with E-state index in [1.165, 1.54) is 64.6 Å². The lowest BCUT2D eigenvalue weighted by Crippen LogP contribution is -2.55. The number of nitrogens with one attached hydrogen (secondary N) is 1. The second kappa shape index (κ2) is 8.53. The van der Waals surface area contributed by atoms with Gasteiger partial charge in [-0.1, -0.05) is 34.1 Å². The third-order valence-electron chi connectivity index (χ3n) is 6.15. The quantitative estimate of drug-likeness (QED) is 0.785. The van der Waals surface area contributed by atoms with Crippen molar-refractivity contribution in [3.63, 3.8) is 0 Å². The molecule has 1 heterocycles. The van der Waals surface area contributed by atoms with Crippen LogP contribution in [-0.2, 0) is 0 Å². The number of rotatable bonds is 6. The highest BCUT2D eigenvalue weighted by molar-refractivity contribution is 4.92. The van der Waals surface area contributed by atoms with Gasteiger partial charge in [0.1, 0.15) is 0 Å². The minimum Gasteiger partial charge on any atom is -0.312 e. The van der Waals surface area contributed by atoms with Crippen molar-refractivity contribution in [3.8, 4) is 0 Å². The molecule has 2 heteroatoms. The Morgan fingerprint density at radius 3 is 2.33 bits per heavy atom. The first-order valence-corrected chi connectivity index (χ1v) is 9.63. The van der Waals surface area contributed by atoms with E-state index in [-0.39, 0.29) is 0 Å². The summed E-state index contributed by atoms with van der Waals surface area (Å²) in [6.45, 7) is 13.3. The Balaban J connectivity index is 1.92. The van der Waals surface area contributed by atoms with Crippen LogP contribution in [-0.4, -0.2) is 36.6 Å². The van der Waals surface area contributed by atoms with Crippen LogP contribution >= 0.6 is 0 Å². The van der Waals surface area contributed by atoms with E-state index in [1.807, 2.05) is 0 Å². The van der Waals surface area contributed by atoms with E-state index in [9.17, 15) is 0 Å². The summed E-state index contributed by atoms with van der Waals surface area (Å²) >= 11 is 0. The number of likely N-dealkylation sites (tertiary alicyclic amines) is 1. The number of nitrogens with zero attached hydrogens (tertiary/aromatic N) is 1. The van der Waals surface area contributed by atoms with Crippen molar-refractivity contribution >= 4 is 0 Å². The lowest BCUT2D eigenvalue weighted by Gasteiger charge is -2.46. The summed E-state index contributed by atoms with van der Waals surface area (Å²) in [7, 11) is 0. The van der Waals surface area contributed by atoms with Gasteiger partial charge in [-0.15, -0.1) is 0 Å². The fourth-order valence-electron chi connectivity index (χ4n) is 4.49. The Morgan fingerprint density at radius 1 is 1.05 bits per heavy atom. The number of piperidine rings is 1. The van der Waals surface area contributed by atoms with Gasteiger partial charge in [0, 0.05) is 12.1 Å². The van der Waals surface area contributed by atoms with E-state index in [2.05, 4.69) is 37.9 Å². The van der Waals surface area contributed by atoms with Crippen molar-refractivity contribution in [2.75, 3.05) is 19.6 Å². The van der Waals surface area contributed by atoms with E-state index in [4.69, 9.17) is 0 Å². The number of hydrogen-bond acceptors (Lipinski definition) is 2. The predicted molar refractivity (Wildman–Crippen MR) is 92.6 cm³/mol. The highest BCUT2D eigenvalue weighted by atomic mass is 15.2. The van der Waals surface area contributed by atoms with Crippen LogP contribution in [0.4, 0.5) is 0 Å². The molecule has 2 rings (SSSR count). The normalized spacial score (nSPS) is 32.7. The van der Waals surface area contributed by atoms with Gasteiger partial charge in [0.25, 0.3) is 0 Å². The molecule has 2 nitrogen and oxygen atoms in total. The van der Waals surface area contributed by atoms with E-state index in [0.29, 0.717) is 0 Å². The molecule has 1 aliphatic heterocycles. The number of hydrogen-bond donors (Lipinski definition) is 1. The first kappa shape index (κ1) is 17.3. The predicted octanol–water partition coefficient (Wildman–Crippen LogP) is 4.30. The largest absolute Gasteiger partial charge is 0.312 e. The van der Waals surface area contributed by atoms with Crippen molar-refractivity contribution in [1.29, 1.82) is 0 Å². The van der Waals surface area contributed by atoms with Crippen molar-refractivity contribution in [1.82, 2.24) is 10.2 Å². The zero-order valence-corrected chi connectivity index (χ0v) is 14.9. The molecule has 0 aromatic carbocycles. The molecule has 0 bridgehead atoms. The smallest absolute Gasteiger partial charge is 0.0251 e. The molecule has 0 aromatic rings. The van der Waals surface area contributed by atoms with Gasteiger partial charge in [0.15, 0.2) is 0 Å². The maximum atomic E-state index is 3.86. The van der Waals surface area contributed by atoms with E-state index in [0.717, 1.165) is 29.8 Å². The highest BCUT2D eigenvalue weighted by Gasteiger charge is 2.35. The molecule has 1 aliphatic carbocycles. The zero-order valence-electron chi connectivity index (χ0n) is 14.9. The SMILES string of the molecule is CCCNC1CCC(CC)CC1N1CCC(C(C)C)CC1. The van der Waals surface area contributed by atoms with Crippen molar-refractivity contribution in [3.05, 3.63) is 0 Å². The molecule has 124 valence electrons. The summed E-state index contributed by atoms with van der Waals surface area (Å²) in [5.74, 6) is 2.81. The molecule has 3 atom stereocenters. The zero-order chi connectivity index (χ0) is 15.2. The first-order chi connectivity index (χ1) is 10.2. The van der Waals surface area contributed by atoms with E-state index in [1.54, 1.807) is 0 Å². The van der Waals surface area contributed by atoms with Gasteiger partial charge in [-0.3, -0.25) is 4.90 Å². The van der Waals surface area contributed by atoms with Gasteiger partial charge < -0.3 is 5.32 Å². The maximum Gasteiger partial charge on any atom is 0.0251 e. The van der Waals surface area contributed by atoms with Gasteiger partial charge in [-0.25, -0.2) is 0 Å². The van der Waals surface area contributed by atoms with Crippen LogP contribution in [0.2, 0.25) is 0 Å². The molecule has 0 aromatic heterocycles. The molecule has 2 aliphatic rings. The van der Waals surface area contributed by atoms with Crippen molar-refractivity contribution < 1.29 is 0 Å². The topological polar surface area (TPSA) is 15.3 Å². The molecule has 21 heavy (non-hydrogen) atoms. The summed E-state index contributed by atoms with van der Waals surface area (Å²) in [5.41, 5.74) is 0. The van der Waals surface area contributed by atoms with Crippen LogP contribution in [0.3, 0.4) is 0 Å². The maximum absolute atomic E-state index is 3.86. The van der Waals surface area contributed by atoms with Crippen LogP contribution in [0.1, 0.15) is 72.6 Å². The summed E-state index contributed by atoms with van der Waals surface area (Å²) in [4.78, 5) is 2.84. The Bertz CT molecular complexity index is 281.